The first-order valence-electron chi connectivity index (χ1n) is 8.31. The third-order valence-electron chi connectivity index (χ3n) is 4.74. The third kappa shape index (κ3) is 2.84. The number of aromatic amines is 1. The number of aryl methyl sites for hydroxylation is 1. The maximum absolute atomic E-state index is 11.6. The summed E-state index contributed by atoms with van der Waals surface area (Å²) in [5.41, 5.74) is 1.32. The van der Waals surface area contributed by atoms with Crippen LogP contribution in [0.2, 0.25) is 0 Å². The molecule has 1 atom stereocenters. The van der Waals surface area contributed by atoms with E-state index in [1.165, 1.54) is 24.0 Å². The summed E-state index contributed by atoms with van der Waals surface area (Å²) in [6.07, 6.45) is 4.81. The molecule has 3 aromatic rings. The molecule has 0 aliphatic carbocycles. The predicted molar refractivity (Wildman–Crippen MR) is 98.2 cm³/mol. The number of piperidine rings is 1. The second-order valence-electron chi connectivity index (χ2n) is 6.36. The molecule has 9 heteroatoms. The van der Waals surface area contributed by atoms with Crippen LogP contribution in [0.15, 0.2) is 23.5 Å². The van der Waals surface area contributed by atoms with E-state index >= 15 is 0 Å². The number of H-pyrrole nitrogens is 1. The van der Waals surface area contributed by atoms with E-state index in [9.17, 15) is 14.7 Å². The maximum Gasteiger partial charge on any atom is 0.346 e. The Morgan fingerprint density at radius 1 is 1.38 bits per heavy atom. The fraction of sp³-hybridized carbons (Fsp3) is 0.353. The number of anilines is 1. The number of carbonyl (C=O) groups is 1. The monoisotopic (exact) mass is 371 g/mol. The van der Waals surface area contributed by atoms with Gasteiger partial charge >= 0.3 is 5.97 Å². The van der Waals surface area contributed by atoms with Crippen molar-refractivity contribution in [2.45, 2.75) is 25.7 Å². The molecular formula is C17H17N5O3S. The topological polar surface area (TPSA) is 112 Å². The average molecular weight is 371 g/mol. The summed E-state index contributed by atoms with van der Waals surface area (Å²) in [6, 6.07) is 1.54. The molecule has 1 saturated heterocycles. The van der Waals surface area contributed by atoms with E-state index in [0.29, 0.717) is 21.8 Å². The van der Waals surface area contributed by atoms with Crippen molar-refractivity contribution in [1.82, 2.24) is 19.9 Å². The second kappa shape index (κ2) is 6.49. The number of carboxylic acids is 1. The molecule has 134 valence electrons. The van der Waals surface area contributed by atoms with Crippen molar-refractivity contribution in [3.63, 3.8) is 0 Å². The van der Waals surface area contributed by atoms with Gasteiger partial charge in [-0.25, -0.2) is 19.7 Å². The Morgan fingerprint density at radius 2 is 2.23 bits per heavy atom. The van der Waals surface area contributed by atoms with Crippen molar-refractivity contribution in [2.75, 3.05) is 18.0 Å². The van der Waals surface area contributed by atoms with Crippen molar-refractivity contribution < 1.29 is 9.90 Å². The lowest BCUT2D eigenvalue weighted by Crippen LogP contribution is -2.35. The molecule has 3 aromatic heterocycles. The van der Waals surface area contributed by atoms with Crippen molar-refractivity contribution in [2.24, 2.45) is 0 Å². The van der Waals surface area contributed by atoms with Crippen LogP contribution in [-0.4, -0.2) is 44.1 Å². The molecule has 0 radical (unpaired) electrons. The lowest BCUT2D eigenvalue weighted by atomic mass is 9.94. The molecular weight excluding hydrogens is 354 g/mol. The van der Waals surface area contributed by atoms with Gasteiger partial charge in [0, 0.05) is 25.1 Å². The number of nitrogens with one attached hydrogen (secondary N) is 1. The average Bonchev–Trinajstić information content (AvgIpc) is 2.99. The van der Waals surface area contributed by atoms with Crippen molar-refractivity contribution >= 4 is 33.3 Å². The zero-order valence-electron chi connectivity index (χ0n) is 14.1. The third-order valence-corrected chi connectivity index (χ3v) is 5.93. The van der Waals surface area contributed by atoms with Crippen LogP contribution in [-0.2, 0) is 0 Å². The van der Waals surface area contributed by atoms with Crippen LogP contribution in [0.3, 0.4) is 0 Å². The van der Waals surface area contributed by atoms with E-state index < -0.39 is 5.97 Å². The molecule has 0 unspecified atom stereocenters. The van der Waals surface area contributed by atoms with Gasteiger partial charge in [0.25, 0.3) is 5.56 Å². The molecule has 0 aromatic carbocycles. The number of aromatic nitrogens is 4. The molecule has 0 spiro atoms. The quantitative estimate of drug-likeness (QED) is 0.725. The van der Waals surface area contributed by atoms with E-state index in [1.807, 2.05) is 0 Å². The van der Waals surface area contributed by atoms with Gasteiger partial charge < -0.3 is 15.0 Å². The Bertz CT molecular complexity index is 1040. The van der Waals surface area contributed by atoms with Crippen LogP contribution in [0.5, 0.6) is 0 Å². The highest BCUT2D eigenvalue weighted by molar-refractivity contribution is 7.20. The van der Waals surface area contributed by atoms with E-state index in [4.69, 9.17) is 0 Å². The van der Waals surface area contributed by atoms with Gasteiger partial charge in [0.05, 0.1) is 17.4 Å². The van der Waals surface area contributed by atoms with Gasteiger partial charge in [-0.3, -0.25) is 4.79 Å². The normalized spacial score (nSPS) is 17.6. The Kier molecular flexibility index (Phi) is 4.15. The molecule has 4 heterocycles. The SMILES string of the molecule is Cc1c(C(=O)O)sc2ncnc(N3CCC[C@@H](c4cc(=O)[nH]cn4)C3)c12. The van der Waals surface area contributed by atoms with Gasteiger partial charge in [0.1, 0.15) is 21.9 Å². The first-order chi connectivity index (χ1) is 12.5. The molecule has 0 amide bonds. The lowest BCUT2D eigenvalue weighted by molar-refractivity contribution is 0.0701. The highest BCUT2D eigenvalue weighted by Gasteiger charge is 2.27. The number of thiophene rings is 1. The van der Waals surface area contributed by atoms with Crippen molar-refractivity contribution in [3.05, 3.63) is 45.2 Å². The van der Waals surface area contributed by atoms with Gasteiger partial charge in [-0.15, -0.1) is 11.3 Å². The molecule has 2 N–H and O–H groups in total. The van der Waals surface area contributed by atoms with Gasteiger partial charge in [-0.2, -0.15) is 0 Å². The van der Waals surface area contributed by atoms with Crippen molar-refractivity contribution in [3.8, 4) is 0 Å². The Balaban J connectivity index is 1.73. The Labute approximate surface area is 152 Å². The molecule has 1 fully saturated rings. The Morgan fingerprint density at radius 3 is 3.00 bits per heavy atom. The molecule has 4 rings (SSSR count). The van der Waals surface area contributed by atoms with Gasteiger partial charge in [0.15, 0.2) is 0 Å². The number of aromatic carboxylic acids is 1. The molecule has 0 saturated carbocycles. The first-order valence-corrected chi connectivity index (χ1v) is 9.13. The summed E-state index contributed by atoms with van der Waals surface area (Å²) in [5, 5.41) is 10.2. The van der Waals surface area contributed by atoms with Crippen LogP contribution >= 0.6 is 11.3 Å². The van der Waals surface area contributed by atoms with Crippen LogP contribution in [0.1, 0.15) is 39.7 Å². The Hall–Kier alpha value is -2.81. The number of fused-ring (bicyclic) bond motifs is 1. The standard InChI is InChI=1S/C17H17N5O3S/c1-9-13-15(20-8-21-16(13)26-14(9)17(24)25)22-4-2-3-10(6-22)11-5-12(23)19-7-18-11/h5,7-8,10H,2-4,6H2,1H3,(H,24,25)(H,18,19,23)/t10-/m1/s1. The number of hydrogen-bond donors (Lipinski definition) is 2. The summed E-state index contributed by atoms with van der Waals surface area (Å²) in [5.74, 6) is -0.0552. The summed E-state index contributed by atoms with van der Waals surface area (Å²) in [7, 11) is 0. The summed E-state index contributed by atoms with van der Waals surface area (Å²) in [4.78, 5) is 41.7. The van der Waals surface area contributed by atoms with Crippen molar-refractivity contribution in [1.29, 1.82) is 0 Å². The van der Waals surface area contributed by atoms with E-state index in [2.05, 4.69) is 24.8 Å². The van der Waals surface area contributed by atoms with Gasteiger partial charge in [-0.1, -0.05) is 0 Å². The summed E-state index contributed by atoms with van der Waals surface area (Å²) in [6.45, 7) is 3.30. The summed E-state index contributed by atoms with van der Waals surface area (Å²) >= 11 is 1.17. The zero-order valence-corrected chi connectivity index (χ0v) is 14.9. The van der Waals surface area contributed by atoms with E-state index in [-0.39, 0.29) is 11.5 Å². The second-order valence-corrected chi connectivity index (χ2v) is 7.36. The fourth-order valence-corrected chi connectivity index (χ4v) is 4.50. The number of rotatable bonds is 3. The smallest absolute Gasteiger partial charge is 0.346 e. The van der Waals surface area contributed by atoms with Crippen LogP contribution in [0.25, 0.3) is 10.2 Å². The number of carboxylic acid groups (broad SMARTS) is 1. The minimum absolute atomic E-state index is 0.133. The van der Waals surface area contributed by atoms with Gasteiger partial charge in [-0.05, 0) is 25.3 Å². The van der Waals surface area contributed by atoms with Crippen LogP contribution < -0.4 is 10.5 Å². The zero-order chi connectivity index (χ0) is 18.3. The molecule has 1 aliphatic heterocycles. The lowest BCUT2D eigenvalue weighted by Gasteiger charge is -2.33. The minimum atomic E-state index is -0.944. The first kappa shape index (κ1) is 16.6. The molecule has 8 nitrogen and oxygen atoms in total. The largest absolute Gasteiger partial charge is 0.477 e. The molecule has 1 aliphatic rings. The molecule has 0 bridgehead atoms. The van der Waals surface area contributed by atoms with Gasteiger partial charge in [0.2, 0.25) is 0 Å². The van der Waals surface area contributed by atoms with E-state index in [1.54, 1.807) is 13.0 Å². The minimum Gasteiger partial charge on any atom is -0.477 e. The van der Waals surface area contributed by atoms with E-state index in [0.717, 1.165) is 36.3 Å². The highest BCUT2D eigenvalue weighted by Crippen LogP contribution is 2.37. The maximum atomic E-state index is 11.6. The number of hydrogen-bond acceptors (Lipinski definition) is 7. The highest BCUT2D eigenvalue weighted by atomic mass is 32.1. The van der Waals surface area contributed by atoms with Crippen LogP contribution in [0, 0.1) is 6.92 Å². The molecule has 26 heavy (non-hydrogen) atoms. The van der Waals surface area contributed by atoms with Crippen LogP contribution in [0.4, 0.5) is 5.82 Å². The fourth-order valence-electron chi connectivity index (χ4n) is 3.51. The number of nitrogens with zero attached hydrogens (tertiary/aromatic N) is 4. The summed E-state index contributed by atoms with van der Waals surface area (Å²) < 4.78 is 0. The predicted octanol–water partition coefficient (Wildman–Crippen LogP) is 2.17.